The zero-order valence-electron chi connectivity index (χ0n) is 10.9. The molecule has 0 heterocycles. The van der Waals surface area contributed by atoms with E-state index in [-0.39, 0.29) is 24.7 Å². The minimum atomic E-state index is -0.195. The van der Waals surface area contributed by atoms with E-state index < -0.39 is 0 Å². The molecule has 0 radical (unpaired) electrons. The van der Waals surface area contributed by atoms with Crippen LogP contribution in [0.5, 0.6) is 5.75 Å². The fourth-order valence-electron chi connectivity index (χ4n) is 1.40. The maximum atomic E-state index is 11.6. The van der Waals surface area contributed by atoms with Crippen molar-refractivity contribution in [2.24, 2.45) is 0 Å². The number of hydrogen-bond acceptors (Lipinski definition) is 3. The van der Waals surface area contributed by atoms with Crippen molar-refractivity contribution in [2.75, 3.05) is 19.0 Å². The third-order valence-electron chi connectivity index (χ3n) is 2.40. The molecule has 1 aromatic carbocycles. The molecule has 1 rings (SSSR count). The standard InChI is InChI=1S/C14H18N2O3/c1-3-10-15-13(17)8-9-14(18)16-11-4-6-12(19-2)7-5-11/h3-7H,1,8-10H2,2H3,(H,15,17)(H,16,18). The molecule has 19 heavy (non-hydrogen) atoms. The van der Waals surface area contributed by atoms with Gasteiger partial charge in [-0.15, -0.1) is 6.58 Å². The lowest BCUT2D eigenvalue weighted by Gasteiger charge is -2.06. The summed E-state index contributed by atoms with van der Waals surface area (Å²) in [6.07, 6.45) is 1.90. The van der Waals surface area contributed by atoms with Gasteiger partial charge in [0.05, 0.1) is 7.11 Å². The van der Waals surface area contributed by atoms with Crippen molar-refractivity contribution in [2.45, 2.75) is 12.8 Å². The monoisotopic (exact) mass is 262 g/mol. The predicted octanol–water partition coefficient (Wildman–Crippen LogP) is 1.72. The minimum absolute atomic E-state index is 0.148. The Hall–Kier alpha value is -2.30. The van der Waals surface area contributed by atoms with Gasteiger partial charge in [-0.05, 0) is 24.3 Å². The van der Waals surface area contributed by atoms with Crippen LogP contribution in [0.1, 0.15) is 12.8 Å². The Morgan fingerprint density at radius 2 is 1.84 bits per heavy atom. The summed E-state index contributed by atoms with van der Waals surface area (Å²) in [5.74, 6) is 0.366. The topological polar surface area (TPSA) is 67.4 Å². The van der Waals surface area contributed by atoms with Gasteiger partial charge in [-0.2, -0.15) is 0 Å². The van der Waals surface area contributed by atoms with Gasteiger partial charge >= 0.3 is 0 Å². The largest absolute Gasteiger partial charge is 0.497 e. The molecule has 0 aromatic heterocycles. The molecule has 102 valence electrons. The lowest BCUT2D eigenvalue weighted by atomic mass is 10.2. The van der Waals surface area contributed by atoms with Crippen molar-refractivity contribution in [1.82, 2.24) is 5.32 Å². The normalized spacial score (nSPS) is 9.53. The van der Waals surface area contributed by atoms with Crippen LogP contribution >= 0.6 is 0 Å². The first-order valence-electron chi connectivity index (χ1n) is 5.97. The summed E-state index contributed by atoms with van der Waals surface area (Å²) in [4.78, 5) is 22.9. The highest BCUT2D eigenvalue weighted by molar-refractivity contribution is 5.93. The summed E-state index contributed by atoms with van der Waals surface area (Å²) < 4.78 is 5.02. The van der Waals surface area contributed by atoms with E-state index in [0.29, 0.717) is 12.2 Å². The number of rotatable bonds is 7. The van der Waals surface area contributed by atoms with Gasteiger partial charge in [0.25, 0.3) is 0 Å². The number of benzene rings is 1. The van der Waals surface area contributed by atoms with Gasteiger partial charge in [0, 0.05) is 25.1 Å². The second-order valence-corrected chi connectivity index (χ2v) is 3.87. The van der Waals surface area contributed by atoms with Crippen LogP contribution in [0.4, 0.5) is 5.69 Å². The van der Waals surface area contributed by atoms with Crippen LogP contribution < -0.4 is 15.4 Å². The van der Waals surface area contributed by atoms with Gasteiger partial charge in [-0.1, -0.05) is 6.08 Å². The van der Waals surface area contributed by atoms with Gasteiger partial charge in [-0.25, -0.2) is 0 Å². The number of carbonyl (C=O) groups excluding carboxylic acids is 2. The first kappa shape index (κ1) is 14.8. The smallest absolute Gasteiger partial charge is 0.224 e. The molecule has 0 unspecified atom stereocenters. The average molecular weight is 262 g/mol. The first-order valence-corrected chi connectivity index (χ1v) is 5.97. The third kappa shape index (κ3) is 5.72. The fraction of sp³-hybridized carbons (Fsp3) is 0.286. The Bertz CT molecular complexity index is 441. The second kappa shape index (κ2) is 7.92. The SMILES string of the molecule is C=CCNC(=O)CCC(=O)Nc1ccc(OC)cc1. The minimum Gasteiger partial charge on any atom is -0.497 e. The fourth-order valence-corrected chi connectivity index (χ4v) is 1.40. The van der Waals surface area contributed by atoms with E-state index in [1.807, 2.05) is 0 Å². The molecular formula is C14H18N2O3. The zero-order chi connectivity index (χ0) is 14.1. The molecule has 5 heteroatoms. The molecular weight excluding hydrogens is 244 g/mol. The number of anilines is 1. The Balaban J connectivity index is 2.34. The lowest BCUT2D eigenvalue weighted by molar-refractivity contribution is -0.124. The highest BCUT2D eigenvalue weighted by Crippen LogP contribution is 2.15. The molecule has 1 aromatic rings. The Morgan fingerprint density at radius 3 is 2.42 bits per heavy atom. The molecule has 0 saturated heterocycles. The summed E-state index contributed by atoms with van der Waals surface area (Å²) >= 11 is 0. The molecule has 0 saturated carbocycles. The van der Waals surface area contributed by atoms with Crippen LogP contribution in [-0.4, -0.2) is 25.5 Å². The highest BCUT2D eigenvalue weighted by Gasteiger charge is 2.06. The van der Waals surface area contributed by atoms with Gasteiger partial charge in [0.2, 0.25) is 11.8 Å². The van der Waals surface area contributed by atoms with Gasteiger partial charge in [0.15, 0.2) is 0 Å². The quantitative estimate of drug-likeness (QED) is 0.735. The Kier molecular flexibility index (Phi) is 6.15. The summed E-state index contributed by atoms with van der Waals surface area (Å²) in [6.45, 7) is 3.91. The third-order valence-corrected chi connectivity index (χ3v) is 2.40. The second-order valence-electron chi connectivity index (χ2n) is 3.87. The maximum absolute atomic E-state index is 11.6. The van der Waals surface area contributed by atoms with Crippen LogP contribution in [0.2, 0.25) is 0 Å². The number of carbonyl (C=O) groups is 2. The van der Waals surface area contributed by atoms with Gasteiger partial charge in [-0.3, -0.25) is 9.59 Å². The van der Waals surface area contributed by atoms with E-state index >= 15 is 0 Å². The Morgan fingerprint density at radius 1 is 1.21 bits per heavy atom. The van der Waals surface area contributed by atoms with E-state index in [0.717, 1.165) is 5.75 Å². The van der Waals surface area contributed by atoms with E-state index in [2.05, 4.69) is 17.2 Å². The number of hydrogen-bond donors (Lipinski definition) is 2. The molecule has 2 N–H and O–H groups in total. The molecule has 0 spiro atoms. The summed E-state index contributed by atoms with van der Waals surface area (Å²) in [5.41, 5.74) is 0.678. The van der Waals surface area contributed by atoms with Crippen molar-refractivity contribution in [3.63, 3.8) is 0 Å². The molecule has 2 amide bonds. The first-order chi connectivity index (χ1) is 9.15. The Labute approximate surface area is 112 Å². The van der Waals surface area contributed by atoms with Crippen molar-refractivity contribution in [1.29, 1.82) is 0 Å². The van der Waals surface area contributed by atoms with Gasteiger partial charge < -0.3 is 15.4 Å². The molecule has 0 aliphatic heterocycles. The van der Waals surface area contributed by atoms with Crippen molar-refractivity contribution >= 4 is 17.5 Å². The summed E-state index contributed by atoms with van der Waals surface area (Å²) in [5, 5.41) is 5.32. The molecule has 0 fully saturated rings. The molecule has 0 aliphatic carbocycles. The van der Waals surface area contributed by atoms with Crippen LogP contribution in [-0.2, 0) is 9.59 Å². The maximum Gasteiger partial charge on any atom is 0.224 e. The van der Waals surface area contributed by atoms with E-state index in [1.54, 1.807) is 37.5 Å². The van der Waals surface area contributed by atoms with Crippen molar-refractivity contribution in [3.8, 4) is 5.75 Å². The summed E-state index contributed by atoms with van der Waals surface area (Å²) in [6, 6.07) is 7.00. The van der Waals surface area contributed by atoms with Crippen LogP contribution in [0.25, 0.3) is 0 Å². The van der Waals surface area contributed by atoms with E-state index in [9.17, 15) is 9.59 Å². The molecule has 0 aliphatic rings. The lowest BCUT2D eigenvalue weighted by Crippen LogP contribution is -2.24. The van der Waals surface area contributed by atoms with E-state index in [1.165, 1.54) is 0 Å². The number of amides is 2. The highest BCUT2D eigenvalue weighted by atomic mass is 16.5. The molecule has 0 bridgehead atoms. The van der Waals surface area contributed by atoms with Crippen molar-refractivity contribution < 1.29 is 14.3 Å². The average Bonchev–Trinajstić information content (AvgIpc) is 2.43. The van der Waals surface area contributed by atoms with Crippen LogP contribution in [0.3, 0.4) is 0 Å². The van der Waals surface area contributed by atoms with Gasteiger partial charge in [0.1, 0.15) is 5.75 Å². The number of methoxy groups -OCH3 is 1. The molecule has 0 atom stereocenters. The summed E-state index contributed by atoms with van der Waals surface area (Å²) in [7, 11) is 1.58. The van der Waals surface area contributed by atoms with Crippen molar-refractivity contribution in [3.05, 3.63) is 36.9 Å². The van der Waals surface area contributed by atoms with Crippen LogP contribution in [0, 0.1) is 0 Å². The van der Waals surface area contributed by atoms with Crippen LogP contribution in [0.15, 0.2) is 36.9 Å². The number of nitrogens with one attached hydrogen (secondary N) is 2. The zero-order valence-corrected chi connectivity index (χ0v) is 10.9. The number of ether oxygens (including phenoxy) is 1. The molecule has 5 nitrogen and oxygen atoms in total. The van der Waals surface area contributed by atoms with E-state index in [4.69, 9.17) is 4.74 Å². The predicted molar refractivity (Wildman–Crippen MR) is 74.1 cm³/mol.